The molecule has 0 spiro atoms. The number of nitrogens with one attached hydrogen (secondary N) is 2. The summed E-state index contributed by atoms with van der Waals surface area (Å²) in [7, 11) is 5.55. The van der Waals surface area contributed by atoms with Gasteiger partial charge in [-0.15, -0.1) is 0 Å². The molecule has 0 radical (unpaired) electrons. The van der Waals surface area contributed by atoms with Crippen LogP contribution in [0.3, 0.4) is 0 Å². The number of amides is 1. The number of likely N-dealkylation sites (N-methyl/N-ethyl adjacent to an activating group) is 1. The topological polar surface area (TPSA) is 66.5 Å². The van der Waals surface area contributed by atoms with Crippen molar-refractivity contribution in [3.05, 3.63) is 23.6 Å². The van der Waals surface area contributed by atoms with Gasteiger partial charge in [-0.2, -0.15) is 0 Å². The standard InChI is InChI=1S/C13H21FN4O2/c1-15-12-11(8-10(14)9-17-12)13(19)16-4-6-20-7-5-18(2)3/h8-9H,4-7H2,1-3H3,(H,15,17)(H,16,19). The molecule has 2 N–H and O–H groups in total. The summed E-state index contributed by atoms with van der Waals surface area (Å²) in [5, 5.41) is 5.42. The van der Waals surface area contributed by atoms with Crippen LogP contribution in [0.5, 0.6) is 0 Å². The van der Waals surface area contributed by atoms with Gasteiger partial charge in [-0.1, -0.05) is 0 Å². The second-order valence-electron chi connectivity index (χ2n) is 4.47. The first-order valence-corrected chi connectivity index (χ1v) is 6.38. The SMILES string of the molecule is CNc1ncc(F)cc1C(=O)NCCOCCN(C)C. The highest BCUT2D eigenvalue weighted by Gasteiger charge is 2.12. The first-order chi connectivity index (χ1) is 9.54. The number of halogens is 1. The lowest BCUT2D eigenvalue weighted by molar-refractivity contribution is 0.0900. The summed E-state index contributed by atoms with van der Waals surface area (Å²) in [6.45, 7) is 2.21. The van der Waals surface area contributed by atoms with E-state index >= 15 is 0 Å². The maximum absolute atomic E-state index is 13.1. The van der Waals surface area contributed by atoms with Gasteiger partial charge in [0.2, 0.25) is 0 Å². The fourth-order valence-electron chi connectivity index (χ4n) is 1.49. The van der Waals surface area contributed by atoms with Gasteiger partial charge in [-0.3, -0.25) is 4.79 Å². The van der Waals surface area contributed by atoms with Gasteiger partial charge in [-0.25, -0.2) is 9.37 Å². The molecular formula is C13H21FN4O2. The molecule has 0 saturated heterocycles. The minimum Gasteiger partial charge on any atom is -0.378 e. The van der Waals surface area contributed by atoms with E-state index in [1.807, 2.05) is 19.0 Å². The molecule has 0 aliphatic rings. The molecule has 0 bridgehead atoms. The number of rotatable bonds is 8. The van der Waals surface area contributed by atoms with E-state index < -0.39 is 5.82 Å². The minimum atomic E-state index is -0.545. The van der Waals surface area contributed by atoms with Crippen molar-refractivity contribution in [1.29, 1.82) is 0 Å². The van der Waals surface area contributed by atoms with Gasteiger partial charge in [0.1, 0.15) is 11.6 Å². The lowest BCUT2D eigenvalue weighted by Gasteiger charge is -2.11. The van der Waals surface area contributed by atoms with Crippen LogP contribution in [-0.2, 0) is 4.74 Å². The van der Waals surface area contributed by atoms with E-state index in [0.29, 0.717) is 25.6 Å². The summed E-state index contributed by atoms with van der Waals surface area (Å²) in [6.07, 6.45) is 1.06. The van der Waals surface area contributed by atoms with Crippen LogP contribution in [0.25, 0.3) is 0 Å². The van der Waals surface area contributed by atoms with Crippen LogP contribution in [0.2, 0.25) is 0 Å². The quantitative estimate of drug-likeness (QED) is 0.683. The number of carbonyl (C=O) groups is 1. The number of hydrogen-bond acceptors (Lipinski definition) is 5. The zero-order valence-electron chi connectivity index (χ0n) is 12.1. The van der Waals surface area contributed by atoms with Crippen LogP contribution in [0, 0.1) is 5.82 Å². The number of pyridine rings is 1. The summed E-state index contributed by atoms with van der Waals surface area (Å²) >= 11 is 0. The molecule has 1 heterocycles. The van der Waals surface area contributed by atoms with Crippen molar-refractivity contribution >= 4 is 11.7 Å². The van der Waals surface area contributed by atoms with Gasteiger partial charge in [0.25, 0.3) is 5.91 Å². The van der Waals surface area contributed by atoms with E-state index in [9.17, 15) is 9.18 Å². The number of hydrogen-bond donors (Lipinski definition) is 2. The van der Waals surface area contributed by atoms with Crippen LogP contribution in [-0.4, -0.2) is 63.2 Å². The fraction of sp³-hybridized carbons (Fsp3) is 0.538. The highest BCUT2D eigenvalue weighted by molar-refractivity contribution is 5.98. The average Bonchev–Trinajstić information content (AvgIpc) is 2.42. The molecule has 0 aromatic carbocycles. The van der Waals surface area contributed by atoms with E-state index in [1.165, 1.54) is 0 Å². The van der Waals surface area contributed by atoms with Crippen molar-refractivity contribution in [2.75, 3.05) is 52.8 Å². The molecule has 0 atom stereocenters. The highest BCUT2D eigenvalue weighted by Crippen LogP contribution is 2.12. The molecule has 7 heteroatoms. The van der Waals surface area contributed by atoms with Crippen molar-refractivity contribution in [3.63, 3.8) is 0 Å². The van der Waals surface area contributed by atoms with E-state index in [2.05, 4.69) is 15.6 Å². The second-order valence-corrected chi connectivity index (χ2v) is 4.47. The van der Waals surface area contributed by atoms with Crippen molar-refractivity contribution in [2.45, 2.75) is 0 Å². The molecule has 0 aliphatic heterocycles. The third-order valence-electron chi connectivity index (χ3n) is 2.55. The van der Waals surface area contributed by atoms with Gasteiger partial charge in [0.05, 0.1) is 25.0 Å². The Morgan fingerprint density at radius 2 is 2.20 bits per heavy atom. The maximum Gasteiger partial charge on any atom is 0.255 e. The third kappa shape index (κ3) is 5.50. The first kappa shape index (κ1) is 16.3. The van der Waals surface area contributed by atoms with Crippen molar-refractivity contribution in [1.82, 2.24) is 15.2 Å². The minimum absolute atomic E-state index is 0.181. The molecule has 1 amide bonds. The normalized spacial score (nSPS) is 10.7. The Hall–Kier alpha value is -1.73. The monoisotopic (exact) mass is 284 g/mol. The second kappa shape index (κ2) is 8.44. The Bertz CT molecular complexity index is 440. The van der Waals surface area contributed by atoms with Crippen LogP contribution in [0.1, 0.15) is 10.4 Å². The van der Waals surface area contributed by atoms with E-state index in [0.717, 1.165) is 18.8 Å². The van der Waals surface area contributed by atoms with Crippen molar-refractivity contribution in [2.24, 2.45) is 0 Å². The molecule has 0 unspecified atom stereocenters. The molecule has 0 aliphatic carbocycles. The van der Waals surface area contributed by atoms with E-state index in [-0.39, 0.29) is 11.5 Å². The molecular weight excluding hydrogens is 263 g/mol. The van der Waals surface area contributed by atoms with Crippen LogP contribution in [0.15, 0.2) is 12.3 Å². The van der Waals surface area contributed by atoms with Crippen molar-refractivity contribution in [3.8, 4) is 0 Å². The van der Waals surface area contributed by atoms with Gasteiger partial charge in [0.15, 0.2) is 0 Å². The van der Waals surface area contributed by atoms with E-state index in [4.69, 9.17) is 4.74 Å². The molecule has 1 aromatic rings. The number of nitrogens with zero attached hydrogens (tertiary/aromatic N) is 2. The lowest BCUT2D eigenvalue weighted by atomic mass is 10.2. The largest absolute Gasteiger partial charge is 0.378 e. The number of ether oxygens (including phenoxy) is 1. The summed E-state index contributed by atoms with van der Waals surface area (Å²) in [4.78, 5) is 17.7. The maximum atomic E-state index is 13.1. The highest BCUT2D eigenvalue weighted by atomic mass is 19.1. The molecule has 112 valence electrons. The molecule has 1 aromatic heterocycles. The van der Waals surface area contributed by atoms with Gasteiger partial charge in [0, 0.05) is 20.1 Å². The predicted molar refractivity (Wildman–Crippen MR) is 75.4 cm³/mol. The summed E-state index contributed by atoms with van der Waals surface area (Å²) in [5.74, 6) is -0.577. The van der Waals surface area contributed by atoms with Crippen LogP contribution >= 0.6 is 0 Å². The smallest absolute Gasteiger partial charge is 0.255 e. The van der Waals surface area contributed by atoms with Gasteiger partial charge < -0.3 is 20.3 Å². The van der Waals surface area contributed by atoms with Crippen LogP contribution in [0.4, 0.5) is 10.2 Å². The molecule has 20 heavy (non-hydrogen) atoms. The summed E-state index contributed by atoms with van der Waals surface area (Å²) < 4.78 is 18.5. The number of anilines is 1. The van der Waals surface area contributed by atoms with E-state index in [1.54, 1.807) is 7.05 Å². The Labute approximate surface area is 118 Å². The molecule has 0 fully saturated rings. The fourth-order valence-corrected chi connectivity index (χ4v) is 1.49. The van der Waals surface area contributed by atoms with Gasteiger partial charge >= 0.3 is 0 Å². The summed E-state index contributed by atoms with van der Waals surface area (Å²) in [5.41, 5.74) is 0.181. The Kier molecular flexibility index (Phi) is 6.89. The Morgan fingerprint density at radius 3 is 2.85 bits per heavy atom. The zero-order chi connectivity index (χ0) is 15.0. The summed E-state index contributed by atoms with van der Waals surface area (Å²) in [6, 6.07) is 1.15. The predicted octanol–water partition coefficient (Wildman–Crippen LogP) is 0.570. The third-order valence-corrected chi connectivity index (χ3v) is 2.55. The van der Waals surface area contributed by atoms with Crippen molar-refractivity contribution < 1.29 is 13.9 Å². The first-order valence-electron chi connectivity index (χ1n) is 6.38. The Balaban J connectivity index is 2.37. The number of carbonyl (C=O) groups excluding carboxylic acids is 1. The number of aromatic nitrogens is 1. The average molecular weight is 284 g/mol. The zero-order valence-corrected chi connectivity index (χ0v) is 12.1. The van der Waals surface area contributed by atoms with Gasteiger partial charge in [-0.05, 0) is 20.2 Å². The Morgan fingerprint density at radius 1 is 1.45 bits per heavy atom. The molecule has 6 nitrogen and oxygen atoms in total. The molecule has 1 rings (SSSR count). The van der Waals surface area contributed by atoms with Crippen LogP contribution < -0.4 is 10.6 Å². The lowest BCUT2D eigenvalue weighted by Crippen LogP contribution is -2.29. The molecule has 0 saturated carbocycles.